The van der Waals surface area contributed by atoms with E-state index in [1.165, 1.54) is 4.90 Å². The second kappa shape index (κ2) is 14.8. The fourth-order valence-corrected chi connectivity index (χ4v) is 3.51. The number of nitrogens with one attached hydrogen (secondary N) is 1. The van der Waals surface area contributed by atoms with Crippen molar-refractivity contribution in [2.75, 3.05) is 13.1 Å². The summed E-state index contributed by atoms with van der Waals surface area (Å²) in [6.07, 6.45) is -0.0610. The summed E-state index contributed by atoms with van der Waals surface area (Å²) in [5, 5.41) is 2.54. The smallest absolute Gasteiger partial charge is 0.408 e. The first kappa shape index (κ1) is 29.5. The number of benzene rings is 2. The molecule has 0 aromatic heterocycles. The average molecular weight is 511 g/mol. The Morgan fingerprint density at radius 1 is 0.892 bits per heavy atom. The molecule has 2 amide bonds. The predicted molar refractivity (Wildman–Crippen MR) is 141 cm³/mol. The molecule has 0 aliphatic rings. The molecule has 8 nitrogen and oxygen atoms in total. The van der Waals surface area contributed by atoms with Crippen molar-refractivity contribution in [3.05, 3.63) is 71.8 Å². The van der Waals surface area contributed by atoms with Gasteiger partial charge in [0.05, 0.1) is 6.42 Å². The lowest BCUT2D eigenvalue weighted by Gasteiger charge is -2.28. The van der Waals surface area contributed by atoms with Crippen molar-refractivity contribution in [1.29, 1.82) is 0 Å². The summed E-state index contributed by atoms with van der Waals surface area (Å²) in [7, 11) is 0. The van der Waals surface area contributed by atoms with Crippen LogP contribution in [0.2, 0.25) is 0 Å². The molecule has 2 aromatic carbocycles. The molecule has 200 valence electrons. The van der Waals surface area contributed by atoms with Crippen LogP contribution in [0.25, 0.3) is 0 Å². The van der Waals surface area contributed by atoms with Gasteiger partial charge in [-0.1, -0.05) is 67.6 Å². The van der Waals surface area contributed by atoms with Gasteiger partial charge in [0.1, 0.15) is 24.0 Å². The Morgan fingerprint density at radius 3 is 2.05 bits per heavy atom. The molecule has 0 saturated carbocycles. The Kier molecular flexibility index (Phi) is 11.8. The molecule has 0 spiro atoms. The third-order valence-corrected chi connectivity index (χ3v) is 5.48. The summed E-state index contributed by atoms with van der Waals surface area (Å²) in [5.41, 5.74) is 1.05. The molecule has 0 unspecified atom stereocenters. The van der Waals surface area contributed by atoms with Gasteiger partial charge in [0.15, 0.2) is 0 Å². The highest BCUT2D eigenvalue weighted by Gasteiger charge is 2.31. The molecular weight excluding hydrogens is 472 g/mol. The summed E-state index contributed by atoms with van der Waals surface area (Å²) >= 11 is 0. The second-order valence-corrected chi connectivity index (χ2v) is 9.75. The maximum Gasteiger partial charge on any atom is 0.408 e. The topological polar surface area (TPSA) is 102 Å². The third-order valence-electron chi connectivity index (χ3n) is 5.48. The Morgan fingerprint density at radius 2 is 1.49 bits per heavy atom. The fourth-order valence-electron chi connectivity index (χ4n) is 3.51. The first-order chi connectivity index (χ1) is 17.6. The lowest BCUT2D eigenvalue weighted by molar-refractivity contribution is -0.148. The quantitative estimate of drug-likeness (QED) is 0.400. The van der Waals surface area contributed by atoms with Gasteiger partial charge >= 0.3 is 12.1 Å². The van der Waals surface area contributed by atoms with E-state index >= 15 is 0 Å². The van der Waals surface area contributed by atoms with Crippen molar-refractivity contribution < 1.29 is 28.7 Å². The molecule has 0 fully saturated rings. The minimum atomic E-state index is -1.20. The van der Waals surface area contributed by atoms with Crippen molar-refractivity contribution in [2.45, 2.75) is 71.6 Å². The van der Waals surface area contributed by atoms with E-state index in [1.807, 2.05) is 60.7 Å². The monoisotopic (exact) mass is 510 g/mol. The SMILES string of the molecule is CCC(=O)CCN(CCc1ccccc1)C(=O)[C@H](CC(=O)OCc1ccccc1)NC(=O)OC(C)(C)C. The molecule has 1 atom stereocenters. The predicted octanol–water partition coefficient (Wildman–Crippen LogP) is 4.45. The maximum atomic E-state index is 13.6. The number of amides is 2. The van der Waals surface area contributed by atoms with Crippen molar-refractivity contribution in [3.8, 4) is 0 Å². The van der Waals surface area contributed by atoms with E-state index in [-0.39, 0.29) is 31.8 Å². The summed E-state index contributed by atoms with van der Waals surface area (Å²) in [6, 6.07) is 17.6. The largest absolute Gasteiger partial charge is 0.461 e. The zero-order valence-corrected chi connectivity index (χ0v) is 22.2. The van der Waals surface area contributed by atoms with E-state index in [0.717, 1.165) is 11.1 Å². The number of ether oxygens (including phenoxy) is 2. The number of carbonyl (C=O) groups is 4. The summed E-state index contributed by atoms with van der Waals surface area (Å²) in [6.45, 7) is 7.46. The molecule has 0 saturated heterocycles. The molecule has 0 heterocycles. The van der Waals surface area contributed by atoms with Gasteiger partial charge in [-0.25, -0.2) is 4.79 Å². The minimum Gasteiger partial charge on any atom is -0.461 e. The van der Waals surface area contributed by atoms with Gasteiger partial charge in [0, 0.05) is 25.9 Å². The zero-order valence-electron chi connectivity index (χ0n) is 22.2. The molecular formula is C29H38N2O6. The number of carbonyl (C=O) groups excluding carboxylic acids is 4. The number of hydrogen-bond acceptors (Lipinski definition) is 6. The van der Waals surface area contributed by atoms with E-state index in [1.54, 1.807) is 27.7 Å². The average Bonchev–Trinajstić information content (AvgIpc) is 2.86. The Balaban J connectivity index is 2.17. The van der Waals surface area contributed by atoms with E-state index in [2.05, 4.69) is 5.32 Å². The Labute approximate surface area is 219 Å². The number of rotatable bonds is 13. The molecule has 2 aromatic rings. The number of Topliss-reactive ketones (excluding diaryl/α,β-unsaturated/α-hetero) is 1. The summed E-state index contributed by atoms with van der Waals surface area (Å²) in [4.78, 5) is 52.4. The number of hydrogen-bond donors (Lipinski definition) is 1. The standard InChI is InChI=1S/C29H38N2O6/c1-5-24(32)17-19-31(18-16-22-12-8-6-9-13-22)27(34)25(30-28(35)37-29(2,3)4)20-26(33)36-21-23-14-10-7-11-15-23/h6-15,25H,5,16-21H2,1-4H3,(H,30,35)/t25-/m0/s1. The highest BCUT2D eigenvalue weighted by molar-refractivity contribution is 5.90. The molecule has 0 bridgehead atoms. The van der Waals surface area contributed by atoms with Crippen molar-refractivity contribution in [2.24, 2.45) is 0 Å². The molecule has 0 aliphatic carbocycles. The van der Waals surface area contributed by atoms with Gasteiger partial charge in [0.2, 0.25) is 5.91 Å². The Hall–Kier alpha value is -3.68. The highest BCUT2D eigenvalue weighted by Crippen LogP contribution is 2.11. The number of esters is 1. The van der Waals surface area contributed by atoms with Crippen LogP contribution in [0, 0.1) is 0 Å². The van der Waals surface area contributed by atoms with Crippen LogP contribution >= 0.6 is 0 Å². The fraction of sp³-hybridized carbons (Fsp3) is 0.448. The summed E-state index contributed by atoms with van der Waals surface area (Å²) in [5.74, 6) is -1.08. The van der Waals surface area contributed by atoms with Gasteiger partial charge in [-0.05, 0) is 38.3 Å². The molecule has 0 radical (unpaired) electrons. The zero-order chi connectivity index (χ0) is 27.3. The Bertz CT molecular complexity index is 1020. The normalized spacial score (nSPS) is 11.8. The summed E-state index contributed by atoms with van der Waals surface area (Å²) < 4.78 is 10.7. The van der Waals surface area contributed by atoms with Gasteiger partial charge in [-0.3, -0.25) is 14.4 Å². The molecule has 2 rings (SSSR count). The first-order valence-electron chi connectivity index (χ1n) is 12.6. The number of alkyl carbamates (subject to hydrolysis) is 1. The van der Waals surface area contributed by atoms with Crippen LogP contribution in [-0.2, 0) is 36.9 Å². The van der Waals surface area contributed by atoms with Crippen LogP contribution in [0.4, 0.5) is 4.79 Å². The first-order valence-corrected chi connectivity index (χ1v) is 12.6. The van der Waals surface area contributed by atoms with Crippen LogP contribution in [-0.4, -0.2) is 53.4 Å². The number of nitrogens with zero attached hydrogens (tertiary/aromatic N) is 1. The third kappa shape index (κ3) is 11.7. The van der Waals surface area contributed by atoms with Crippen LogP contribution in [0.3, 0.4) is 0 Å². The van der Waals surface area contributed by atoms with Crippen LogP contribution in [0.5, 0.6) is 0 Å². The van der Waals surface area contributed by atoms with Gasteiger partial charge in [-0.2, -0.15) is 0 Å². The van der Waals surface area contributed by atoms with Crippen LogP contribution < -0.4 is 5.32 Å². The highest BCUT2D eigenvalue weighted by atomic mass is 16.6. The lowest BCUT2D eigenvalue weighted by Crippen LogP contribution is -2.51. The lowest BCUT2D eigenvalue weighted by atomic mass is 10.1. The molecule has 37 heavy (non-hydrogen) atoms. The minimum absolute atomic E-state index is 0.0245. The maximum absolute atomic E-state index is 13.6. The molecule has 0 aliphatic heterocycles. The van der Waals surface area contributed by atoms with E-state index < -0.39 is 29.6 Å². The van der Waals surface area contributed by atoms with Crippen LogP contribution in [0.15, 0.2) is 60.7 Å². The second-order valence-electron chi connectivity index (χ2n) is 9.75. The van der Waals surface area contributed by atoms with E-state index in [9.17, 15) is 19.2 Å². The number of ketones is 1. The van der Waals surface area contributed by atoms with Gasteiger partial charge < -0.3 is 19.7 Å². The van der Waals surface area contributed by atoms with Gasteiger partial charge in [-0.15, -0.1) is 0 Å². The van der Waals surface area contributed by atoms with Crippen molar-refractivity contribution in [3.63, 3.8) is 0 Å². The molecule has 1 N–H and O–H groups in total. The van der Waals surface area contributed by atoms with E-state index in [4.69, 9.17) is 9.47 Å². The van der Waals surface area contributed by atoms with Crippen molar-refractivity contribution in [1.82, 2.24) is 10.2 Å². The van der Waals surface area contributed by atoms with Crippen LogP contribution in [0.1, 0.15) is 58.1 Å². The molecule has 8 heteroatoms. The van der Waals surface area contributed by atoms with Gasteiger partial charge in [0.25, 0.3) is 0 Å². The van der Waals surface area contributed by atoms with E-state index in [0.29, 0.717) is 19.4 Å². The van der Waals surface area contributed by atoms with Crippen molar-refractivity contribution >= 4 is 23.8 Å².